The predicted molar refractivity (Wildman–Crippen MR) is 57.2 cm³/mol. The van der Waals surface area contributed by atoms with Crippen molar-refractivity contribution in [1.82, 2.24) is 0 Å². The van der Waals surface area contributed by atoms with Gasteiger partial charge < -0.3 is 0 Å². The van der Waals surface area contributed by atoms with Crippen LogP contribution in [0.15, 0.2) is 15.2 Å². The fourth-order valence-electron chi connectivity index (χ4n) is 1.31. The van der Waals surface area contributed by atoms with Gasteiger partial charge in [0.1, 0.15) is 0 Å². The normalized spacial score (nSPS) is 10.9. The van der Waals surface area contributed by atoms with Crippen molar-refractivity contribution in [2.45, 2.75) is 0 Å². The van der Waals surface area contributed by atoms with E-state index in [0.717, 1.165) is 11.3 Å². The summed E-state index contributed by atoms with van der Waals surface area (Å²) in [6.45, 7) is 0. The predicted octanol–water partition coefficient (Wildman–Crippen LogP) is 4.87. The minimum absolute atomic E-state index is 0.0669. The zero-order valence-electron chi connectivity index (χ0n) is 7.83. The molecule has 0 N–H and O–H groups in total. The third-order valence-corrected chi connectivity index (χ3v) is 3.78. The maximum atomic E-state index is 13.4. The van der Waals surface area contributed by atoms with Gasteiger partial charge in [0.2, 0.25) is 5.82 Å². The summed E-state index contributed by atoms with van der Waals surface area (Å²) in [5.74, 6) is -9.72. The quantitative estimate of drug-likeness (QED) is 0.398. The van der Waals surface area contributed by atoms with E-state index < -0.39 is 34.6 Å². The van der Waals surface area contributed by atoms with Gasteiger partial charge in [-0.1, -0.05) is 0 Å². The maximum Gasteiger partial charge on any atom is 0.200 e. The first-order valence-corrected chi connectivity index (χ1v) is 5.87. The van der Waals surface area contributed by atoms with E-state index >= 15 is 0 Å². The van der Waals surface area contributed by atoms with Crippen molar-refractivity contribution in [2.24, 2.45) is 0 Å². The molecule has 1 aromatic heterocycles. The molecule has 2 rings (SSSR count). The van der Waals surface area contributed by atoms with Crippen molar-refractivity contribution >= 4 is 27.3 Å². The molecule has 0 nitrogen and oxygen atoms in total. The van der Waals surface area contributed by atoms with Gasteiger partial charge in [-0.25, -0.2) is 22.0 Å². The molecule has 0 aliphatic heterocycles. The molecule has 0 spiro atoms. The van der Waals surface area contributed by atoms with Crippen LogP contribution in [0.5, 0.6) is 0 Å². The number of hydrogen-bond acceptors (Lipinski definition) is 1. The monoisotopic (exact) mass is 328 g/mol. The summed E-state index contributed by atoms with van der Waals surface area (Å²) in [5, 5.41) is 1.47. The topological polar surface area (TPSA) is 0 Å². The summed E-state index contributed by atoms with van der Waals surface area (Å²) in [4.78, 5) is 0. The minimum atomic E-state index is -2.16. The Morgan fingerprint density at radius 3 is 1.71 bits per heavy atom. The summed E-state index contributed by atoms with van der Waals surface area (Å²) in [6.07, 6.45) is 0. The Morgan fingerprint density at radius 2 is 1.29 bits per heavy atom. The SMILES string of the molecule is Fc1c(F)c(F)c(-c2ccsc2Br)c(F)c1F. The molecule has 7 heteroatoms. The summed E-state index contributed by atoms with van der Waals surface area (Å²) < 4.78 is 65.8. The van der Waals surface area contributed by atoms with Gasteiger partial charge in [0.05, 0.1) is 9.35 Å². The molecular weight excluding hydrogens is 327 g/mol. The van der Waals surface area contributed by atoms with Crippen LogP contribution in [0.4, 0.5) is 22.0 Å². The van der Waals surface area contributed by atoms with Crippen LogP contribution in [0.3, 0.4) is 0 Å². The fourth-order valence-corrected chi connectivity index (χ4v) is 2.59. The van der Waals surface area contributed by atoms with E-state index in [1.54, 1.807) is 0 Å². The molecule has 0 unspecified atom stereocenters. The average molecular weight is 329 g/mol. The summed E-state index contributed by atoms with van der Waals surface area (Å²) in [6, 6.07) is 1.27. The molecular formula is C10H2BrF5S. The van der Waals surface area contributed by atoms with E-state index in [0.29, 0.717) is 3.79 Å². The van der Waals surface area contributed by atoms with Crippen molar-refractivity contribution < 1.29 is 22.0 Å². The second kappa shape index (κ2) is 4.38. The number of benzene rings is 1. The van der Waals surface area contributed by atoms with E-state index in [1.807, 2.05) is 0 Å². The summed E-state index contributed by atoms with van der Waals surface area (Å²) >= 11 is 4.06. The molecule has 0 atom stereocenters. The van der Waals surface area contributed by atoms with Crippen LogP contribution >= 0.6 is 27.3 Å². The number of halogens is 6. The molecule has 0 fully saturated rings. The lowest BCUT2D eigenvalue weighted by Gasteiger charge is -2.07. The van der Waals surface area contributed by atoms with Crippen molar-refractivity contribution in [3.05, 3.63) is 44.3 Å². The van der Waals surface area contributed by atoms with Crippen molar-refractivity contribution in [2.75, 3.05) is 0 Å². The van der Waals surface area contributed by atoms with Crippen molar-refractivity contribution in [3.63, 3.8) is 0 Å². The van der Waals surface area contributed by atoms with Gasteiger partial charge in [-0.3, -0.25) is 0 Å². The van der Waals surface area contributed by atoms with Gasteiger partial charge in [-0.15, -0.1) is 11.3 Å². The highest BCUT2D eigenvalue weighted by molar-refractivity contribution is 9.11. The average Bonchev–Trinajstić information content (AvgIpc) is 2.71. The molecule has 90 valence electrons. The lowest BCUT2D eigenvalue weighted by Crippen LogP contribution is -2.03. The standard InChI is InChI=1S/C10H2BrF5S/c11-10-3(1-2-17-10)4-5(12)7(14)9(16)8(15)6(4)13/h1-2H. The largest absolute Gasteiger partial charge is 0.203 e. The highest BCUT2D eigenvalue weighted by Gasteiger charge is 2.27. The zero-order chi connectivity index (χ0) is 12.7. The number of rotatable bonds is 1. The molecule has 17 heavy (non-hydrogen) atoms. The van der Waals surface area contributed by atoms with E-state index in [2.05, 4.69) is 15.9 Å². The van der Waals surface area contributed by atoms with Crippen LogP contribution in [0.2, 0.25) is 0 Å². The lowest BCUT2D eigenvalue weighted by atomic mass is 10.1. The van der Waals surface area contributed by atoms with Crippen LogP contribution in [0.1, 0.15) is 0 Å². The van der Waals surface area contributed by atoms with Crippen LogP contribution in [0, 0.1) is 29.1 Å². The molecule has 1 aromatic carbocycles. The maximum absolute atomic E-state index is 13.4. The second-order valence-corrected chi connectivity index (χ2v) is 5.29. The van der Waals surface area contributed by atoms with Crippen LogP contribution in [-0.4, -0.2) is 0 Å². The molecule has 0 amide bonds. The van der Waals surface area contributed by atoms with Gasteiger partial charge in [0, 0.05) is 5.56 Å². The highest BCUT2D eigenvalue weighted by atomic mass is 79.9. The Labute approximate surface area is 105 Å². The molecule has 0 aliphatic rings. The van der Waals surface area contributed by atoms with E-state index in [1.165, 1.54) is 11.4 Å². The first-order valence-electron chi connectivity index (χ1n) is 4.20. The fraction of sp³-hybridized carbons (Fsp3) is 0. The first-order chi connectivity index (χ1) is 7.95. The molecule has 0 aliphatic carbocycles. The van der Waals surface area contributed by atoms with E-state index in [9.17, 15) is 22.0 Å². The van der Waals surface area contributed by atoms with Crippen molar-refractivity contribution in [3.8, 4) is 11.1 Å². The Bertz CT molecular complexity index is 564. The molecule has 0 saturated heterocycles. The van der Waals surface area contributed by atoms with Crippen LogP contribution < -0.4 is 0 Å². The van der Waals surface area contributed by atoms with Gasteiger partial charge in [0.15, 0.2) is 23.3 Å². The molecule has 1 heterocycles. The Kier molecular flexibility index (Phi) is 3.22. The van der Waals surface area contributed by atoms with E-state index in [4.69, 9.17) is 0 Å². The number of thiophene rings is 1. The zero-order valence-corrected chi connectivity index (χ0v) is 10.2. The third-order valence-electron chi connectivity index (χ3n) is 2.10. The highest BCUT2D eigenvalue weighted by Crippen LogP contribution is 2.38. The lowest BCUT2D eigenvalue weighted by molar-refractivity contribution is 0.381. The molecule has 0 radical (unpaired) electrons. The Morgan fingerprint density at radius 1 is 0.824 bits per heavy atom. The van der Waals surface area contributed by atoms with Crippen LogP contribution in [-0.2, 0) is 0 Å². The van der Waals surface area contributed by atoms with E-state index in [-0.39, 0.29) is 5.56 Å². The molecule has 0 saturated carbocycles. The number of hydrogen-bond donors (Lipinski definition) is 0. The minimum Gasteiger partial charge on any atom is -0.203 e. The summed E-state index contributed by atoms with van der Waals surface area (Å²) in [7, 11) is 0. The van der Waals surface area contributed by atoms with Gasteiger partial charge >= 0.3 is 0 Å². The molecule has 2 aromatic rings. The van der Waals surface area contributed by atoms with Crippen molar-refractivity contribution in [1.29, 1.82) is 0 Å². The Hall–Kier alpha value is -0.950. The molecule has 0 bridgehead atoms. The van der Waals surface area contributed by atoms with Gasteiger partial charge in [0.25, 0.3) is 0 Å². The van der Waals surface area contributed by atoms with Gasteiger partial charge in [-0.05, 0) is 27.4 Å². The first kappa shape index (κ1) is 12.5. The van der Waals surface area contributed by atoms with Gasteiger partial charge in [-0.2, -0.15) is 0 Å². The second-order valence-electron chi connectivity index (χ2n) is 3.05. The summed E-state index contributed by atoms with van der Waals surface area (Å²) in [5.41, 5.74) is -0.989. The smallest absolute Gasteiger partial charge is 0.200 e. The third kappa shape index (κ3) is 1.87. The van der Waals surface area contributed by atoms with Crippen LogP contribution in [0.25, 0.3) is 11.1 Å². The Balaban J connectivity index is 2.84.